The van der Waals surface area contributed by atoms with Crippen LogP contribution in [0.2, 0.25) is 0 Å². The molecule has 1 aliphatic rings. The van der Waals surface area contributed by atoms with Crippen molar-refractivity contribution in [3.05, 3.63) is 23.7 Å². The molecule has 1 saturated carbocycles. The first-order chi connectivity index (χ1) is 8.22. The molecule has 2 aromatic heterocycles. The quantitative estimate of drug-likeness (QED) is 0.780. The molecular formula is C13H16ClN3. The summed E-state index contributed by atoms with van der Waals surface area (Å²) in [6.07, 6.45) is 4.48. The predicted octanol–water partition coefficient (Wildman–Crippen LogP) is 3.45. The topological polar surface area (TPSA) is 30.7 Å². The Morgan fingerprint density at radius 2 is 2.29 bits per heavy atom. The summed E-state index contributed by atoms with van der Waals surface area (Å²) in [7, 11) is 0. The Morgan fingerprint density at radius 3 is 2.94 bits per heavy atom. The van der Waals surface area contributed by atoms with Crippen LogP contribution in [-0.4, -0.2) is 14.5 Å². The molecule has 3 nitrogen and oxygen atoms in total. The van der Waals surface area contributed by atoms with E-state index in [2.05, 4.69) is 28.4 Å². The lowest BCUT2D eigenvalue weighted by molar-refractivity contribution is 0.483. The van der Waals surface area contributed by atoms with Gasteiger partial charge >= 0.3 is 0 Å². The van der Waals surface area contributed by atoms with E-state index in [0.29, 0.717) is 11.9 Å². The summed E-state index contributed by atoms with van der Waals surface area (Å²) >= 11 is 6.01. The molecule has 0 aliphatic heterocycles. The maximum Gasteiger partial charge on any atom is 0.160 e. The van der Waals surface area contributed by atoms with Gasteiger partial charge in [0.15, 0.2) is 5.65 Å². The van der Waals surface area contributed by atoms with E-state index < -0.39 is 0 Å². The van der Waals surface area contributed by atoms with Crippen molar-refractivity contribution in [3.8, 4) is 0 Å². The summed E-state index contributed by atoms with van der Waals surface area (Å²) in [5, 5.41) is 0. The first kappa shape index (κ1) is 11.0. The summed E-state index contributed by atoms with van der Waals surface area (Å²) in [5.74, 6) is 2.17. The van der Waals surface area contributed by atoms with Crippen LogP contribution in [0.4, 0.5) is 0 Å². The number of hydrogen-bond acceptors (Lipinski definition) is 2. The molecule has 17 heavy (non-hydrogen) atoms. The van der Waals surface area contributed by atoms with Crippen molar-refractivity contribution in [2.45, 2.75) is 38.6 Å². The summed E-state index contributed by atoms with van der Waals surface area (Å²) in [6.45, 7) is 4.32. The van der Waals surface area contributed by atoms with E-state index in [4.69, 9.17) is 11.6 Å². The van der Waals surface area contributed by atoms with Gasteiger partial charge in [-0.15, -0.1) is 11.6 Å². The number of aromatic nitrogens is 3. The molecule has 0 radical (unpaired) electrons. The van der Waals surface area contributed by atoms with Crippen molar-refractivity contribution in [3.63, 3.8) is 0 Å². The average Bonchev–Trinajstić information content (AvgIpc) is 3.09. The smallest absolute Gasteiger partial charge is 0.160 e. The highest BCUT2D eigenvalue weighted by Gasteiger charge is 2.31. The molecule has 0 spiro atoms. The third-order valence-corrected chi connectivity index (χ3v) is 3.92. The molecule has 0 bridgehead atoms. The average molecular weight is 250 g/mol. The van der Waals surface area contributed by atoms with Crippen LogP contribution in [0.3, 0.4) is 0 Å². The molecule has 4 heteroatoms. The Kier molecular flexibility index (Phi) is 2.58. The molecule has 90 valence electrons. The predicted molar refractivity (Wildman–Crippen MR) is 69.3 cm³/mol. The van der Waals surface area contributed by atoms with Gasteiger partial charge in [0.2, 0.25) is 0 Å². The number of rotatable bonds is 3. The van der Waals surface area contributed by atoms with Gasteiger partial charge < -0.3 is 4.57 Å². The zero-order valence-corrected chi connectivity index (χ0v) is 10.9. The molecule has 0 aromatic carbocycles. The number of pyridine rings is 1. The van der Waals surface area contributed by atoms with Gasteiger partial charge in [-0.25, -0.2) is 9.97 Å². The van der Waals surface area contributed by atoms with Crippen LogP contribution in [0.25, 0.3) is 11.2 Å². The van der Waals surface area contributed by atoms with Crippen LogP contribution < -0.4 is 0 Å². The number of hydrogen-bond donors (Lipinski definition) is 0. The lowest BCUT2D eigenvalue weighted by atomic mass is 10.2. The van der Waals surface area contributed by atoms with Crippen LogP contribution in [0.15, 0.2) is 12.3 Å². The van der Waals surface area contributed by atoms with Crippen LogP contribution in [0.1, 0.15) is 37.2 Å². The minimum absolute atomic E-state index is 0.451. The SMILES string of the molecule is Cc1ccnc2c1nc(CCl)n2C(C)C1CC1. The maximum atomic E-state index is 6.01. The maximum absolute atomic E-state index is 6.01. The van der Waals surface area contributed by atoms with E-state index >= 15 is 0 Å². The fraction of sp³-hybridized carbons (Fsp3) is 0.538. The Labute approximate surface area is 106 Å². The first-order valence-electron chi connectivity index (χ1n) is 6.10. The largest absolute Gasteiger partial charge is 0.309 e. The van der Waals surface area contributed by atoms with Gasteiger partial charge in [-0.1, -0.05) is 0 Å². The molecule has 3 rings (SSSR count). The van der Waals surface area contributed by atoms with Crippen molar-refractivity contribution < 1.29 is 0 Å². The molecule has 2 heterocycles. The van der Waals surface area contributed by atoms with Crippen LogP contribution in [0.5, 0.6) is 0 Å². The summed E-state index contributed by atoms with van der Waals surface area (Å²) in [4.78, 5) is 9.11. The van der Waals surface area contributed by atoms with Crippen LogP contribution >= 0.6 is 11.6 Å². The van der Waals surface area contributed by atoms with Crippen LogP contribution in [0, 0.1) is 12.8 Å². The fourth-order valence-electron chi connectivity index (χ4n) is 2.47. The Morgan fingerprint density at radius 1 is 1.53 bits per heavy atom. The monoisotopic (exact) mass is 249 g/mol. The normalized spacial score (nSPS) is 17.6. The third-order valence-electron chi connectivity index (χ3n) is 3.68. The van der Waals surface area contributed by atoms with Crippen molar-refractivity contribution in [1.82, 2.24) is 14.5 Å². The third kappa shape index (κ3) is 1.73. The van der Waals surface area contributed by atoms with E-state index in [0.717, 1.165) is 22.9 Å². The summed E-state index contributed by atoms with van der Waals surface area (Å²) in [6, 6.07) is 2.46. The van der Waals surface area contributed by atoms with Gasteiger partial charge in [0.1, 0.15) is 11.3 Å². The van der Waals surface area contributed by atoms with Gasteiger partial charge in [-0.2, -0.15) is 0 Å². The van der Waals surface area contributed by atoms with Crippen molar-refractivity contribution in [2.24, 2.45) is 5.92 Å². The van der Waals surface area contributed by atoms with Crippen molar-refractivity contribution in [2.75, 3.05) is 0 Å². The van der Waals surface area contributed by atoms with E-state index in [9.17, 15) is 0 Å². The second kappa shape index (κ2) is 3.98. The minimum atomic E-state index is 0.451. The van der Waals surface area contributed by atoms with E-state index in [1.54, 1.807) is 0 Å². The molecular weight excluding hydrogens is 234 g/mol. The molecule has 1 unspecified atom stereocenters. The summed E-state index contributed by atoms with van der Waals surface area (Å²) in [5.41, 5.74) is 3.15. The Hall–Kier alpha value is -1.09. The lowest BCUT2D eigenvalue weighted by Crippen LogP contribution is -2.10. The van der Waals surface area contributed by atoms with Gasteiger partial charge in [-0.05, 0) is 44.2 Å². The van der Waals surface area contributed by atoms with Gasteiger partial charge in [0.05, 0.1) is 5.88 Å². The van der Waals surface area contributed by atoms with Gasteiger partial charge in [-0.3, -0.25) is 0 Å². The number of halogens is 1. The molecule has 0 amide bonds. The molecule has 1 atom stereocenters. The molecule has 0 saturated heterocycles. The molecule has 1 fully saturated rings. The Balaban J connectivity index is 2.22. The first-order valence-corrected chi connectivity index (χ1v) is 6.64. The number of fused-ring (bicyclic) bond motifs is 1. The standard InChI is InChI=1S/C13H16ClN3/c1-8-5-6-15-13-12(8)16-11(7-14)17(13)9(2)10-3-4-10/h5-6,9-10H,3-4,7H2,1-2H3. The molecule has 2 aromatic rings. The zero-order chi connectivity index (χ0) is 12.0. The van der Waals surface area contributed by atoms with Crippen molar-refractivity contribution in [1.29, 1.82) is 0 Å². The highest BCUT2D eigenvalue weighted by atomic mass is 35.5. The number of imidazole rings is 1. The minimum Gasteiger partial charge on any atom is -0.309 e. The second-order valence-electron chi connectivity index (χ2n) is 4.91. The molecule has 0 N–H and O–H groups in total. The Bertz CT molecular complexity index is 557. The number of alkyl halides is 1. The lowest BCUT2D eigenvalue weighted by Gasteiger charge is -2.15. The summed E-state index contributed by atoms with van der Waals surface area (Å²) < 4.78 is 2.23. The molecule has 1 aliphatic carbocycles. The number of aryl methyl sites for hydroxylation is 1. The van der Waals surface area contributed by atoms with Crippen LogP contribution in [-0.2, 0) is 5.88 Å². The van der Waals surface area contributed by atoms with Gasteiger partial charge in [0, 0.05) is 12.2 Å². The van der Waals surface area contributed by atoms with E-state index in [1.165, 1.54) is 18.4 Å². The highest BCUT2D eigenvalue weighted by Crippen LogP contribution is 2.41. The van der Waals surface area contributed by atoms with Crippen molar-refractivity contribution >= 4 is 22.8 Å². The number of nitrogens with zero attached hydrogens (tertiary/aromatic N) is 3. The van der Waals surface area contributed by atoms with E-state index in [1.807, 2.05) is 12.3 Å². The zero-order valence-electron chi connectivity index (χ0n) is 10.2. The fourth-order valence-corrected chi connectivity index (χ4v) is 2.66. The van der Waals surface area contributed by atoms with E-state index in [-0.39, 0.29) is 0 Å². The second-order valence-corrected chi connectivity index (χ2v) is 5.18. The van der Waals surface area contributed by atoms with Gasteiger partial charge in [0.25, 0.3) is 0 Å². The highest BCUT2D eigenvalue weighted by molar-refractivity contribution is 6.16.